The highest BCUT2D eigenvalue weighted by Crippen LogP contribution is 2.35. The number of ether oxygens (including phenoxy) is 1. The Morgan fingerprint density at radius 1 is 1.20 bits per heavy atom. The number of hydrogen-bond acceptors (Lipinski definition) is 5. The van der Waals surface area contributed by atoms with Crippen LogP contribution < -0.4 is 15.0 Å². The summed E-state index contributed by atoms with van der Waals surface area (Å²) >= 11 is 0. The molecule has 5 amide bonds. The van der Waals surface area contributed by atoms with Crippen LogP contribution in [0.2, 0.25) is 0 Å². The average Bonchev–Trinajstić information content (AvgIpc) is 3.22. The number of nitrogens with one attached hydrogen (secondary N) is 1. The van der Waals surface area contributed by atoms with Crippen molar-refractivity contribution in [1.29, 1.82) is 0 Å². The Morgan fingerprint density at radius 2 is 1.90 bits per heavy atom. The molecule has 0 aliphatic carbocycles. The first-order valence-electron chi connectivity index (χ1n) is 10.1. The maximum atomic E-state index is 13.1. The Labute approximate surface area is 174 Å². The molecule has 3 heterocycles. The van der Waals surface area contributed by atoms with E-state index >= 15 is 0 Å². The van der Waals surface area contributed by atoms with Gasteiger partial charge in [-0.05, 0) is 37.5 Å². The number of imide groups is 1. The molecule has 160 valence electrons. The third kappa shape index (κ3) is 3.18. The summed E-state index contributed by atoms with van der Waals surface area (Å²) in [6.07, 6.45) is 0.906. The SMILES string of the molecule is COc1ccc(C)cc1N1C[C@H](C(=O)N2CCC3(CC2)NC(=O)N(C)C3=O)CC1=O. The van der Waals surface area contributed by atoms with Gasteiger partial charge in [0.05, 0.1) is 18.7 Å². The number of carbonyl (C=O) groups is 4. The fourth-order valence-electron chi connectivity index (χ4n) is 4.58. The number of amides is 5. The number of urea groups is 1. The average molecular weight is 414 g/mol. The predicted octanol–water partition coefficient (Wildman–Crippen LogP) is 0.899. The second-order valence-corrected chi connectivity index (χ2v) is 8.28. The number of nitrogens with zero attached hydrogens (tertiary/aromatic N) is 3. The van der Waals surface area contributed by atoms with Crippen molar-refractivity contribution in [2.75, 3.05) is 38.7 Å². The first kappa shape index (κ1) is 20.2. The quantitative estimate of drug-likeness (QED) is 0.741. The van der Waals surface area contributed by atoms with Gasteiger partial charge in [-0.25, -0.2) is 4.79 Å². The molecule has 9 heteroatoms. The van der Waals surface area contributed by atoms with E-state index in [1.54, 1.807) is 16.9 Å². The minimum atomic E-state index is -0.908. The van der Waals surface area contributed by atoms with Gasteiger partial charge in [0, 0.05) is 33.1 Å². The molecule has 0 radical (unpaired) electrons. The Kier molecular flexibility index (Phi) is 4.91. The largest absolute Gasteiger partial charge is 0.495 e. The van der Waals surface area contributed by atoms with Crippen molar-refractivity contribution in [3.05, 3.63) is 23.8 Å². The summed E-state index contributed by atoms with van der Waals surface area (Å²) in [7, 11) is 3.02. The van der Waals surface area contributed by atoms with Crippen molar-refractivity contribution in [2.45, 2.75) is 31.7 Å². The van der Waals surface area contributed by atoms with E-state index in [9.17, 15) is 19.2 Å². The van der Waals surface area contributed by atoms with Crippen LogP contribution in [0.5, 0.6) is 5.75 Å². The second-order valence-electron chi connectivity index (χ2n) is 8.28. The van der Waals surface area contributed by atoms with Crippen molar-refractivity contribution in [3.8, 4) is 5.75 Å². The van der Waals surface area contributed by atoms with Gasteiger partial charge < -0.3 is 19.9 Å². The number of methoxy groups -OCH3 is 1. The van der Waals surface area contributed by atoms with E-state index in [1.807, 2.05) is 25.1 Å². The lowest BCUT2D eigenvalue weighted by atomic mass is 9.87. The van der Waals surface area contributed by atoms with Gasteiger partial charge in [0.15, 0.2) is 0 Å². The van der Waals surface area contributed by atoms with E-state index in [1.165, 1.54) is 7.05 Å². The lowest BCUT2D eigenvalue weighted by Crippen LogP contribution is -2.56. The fraction of sp³-hybridized carbons (Fsp3) is 0.524. The zero-order valence-corrected chi connectivity index (χ0v) is 17.4. The van der Waals surface area contributed by atoms with E-state index in [2.05, 4.69) is 5.32 Å². The van der Waals surface area contributed by atoms with Gasteiger partial charge in [-0.2, -0.15) is 0 Å². The highest BCUT2D eigenvalue weighted by molar-refractivity contribution is 6.07. The third-order valence-electron chi connectivity index (χ3n) is 6.39. The van der Waals surface area contributed by atoms with Gasteiger partial charge in [0.2, 0.25) is 11.8 Å². The summed E-state index contributed by atoms with van der Waals surface area (Å²) in [6, 6.07) is 5.22. The van der Waals surface area contributed by atoms with E-state index in [0.29, 0.717) is 43.9 Å². The molecule has 1 spiro atoms. The summed E-state index contributed by atoms with van der Waals surface area (Å²) in [4.78, 5) is 54.4. The smallest absolute Gasteiger partial charge is 0.324 e. The molecular formula is C21H26N4O5. The van der Waals surface area contributed by atoms with Gasteiger partial charge >= 0.3 is 6.03 Å². The molecule has 3 aliphatic rings. The van der Waals surface area contributed by atoms with E-state index in [0.717, 1.165) is 10.5 Å². The first-order valence-corrected chi connectivity index (χ1v) is 10.1. The molecule has 0 aromatic heterocycles. The minimum absolute atomic E-state index is 0.0857. The first-order chi connectivity index (χ1) is 14.3. The van der Waals surface area contributed by atoms with E-state index < -0.39 is 17.5 Å². The van der Waals surface area contributed by atoms with Crippen LogP contribution in [-0.2, 0) is 14.4 Å². The van der Waals surface area contributed by atoms with Gasteiger partial charge in [0.25, 0.3) is 5.91 Å². The third-order valence-corrected chi connectivity index (χ3v) is 6.39. The number of piperidine rings is 1. The molecule has 1 atom stereocenters. The predicted molar refractivity (Wildman–Crippen MR) is 108 cm³/mol. The Bertz CT molecular complexity index is 922. The highest BCUT2D eigenvalue weighted by atomic mass is 16.5. The summed E-state index contributed by atoms with van der Waals surface area (Å²) in [5, 5.41) is 2.77. The van der Waals surface area contributed by atoms with Crippen LogP contribution in [0.1, 0.15) is 24.8 Å². The van der Waals surface area contributed by atoms with E-state index in [-0.39, 0.29) is 24.1 Å². The molecule has 0 bridgehead atoms. The second kappa shape index (κ2) is 7.30. The number of carbonyl (C=O) groups excluding carboxylic acids is 4. The van der Waals surface area contributed by atoms with Crippen molar-refractivity contribution in [1.82, 2.24) is 15.1 Å². The van der Waals surface area contributed by atoms with Crippen LogP contribution in [-0.4, -0.2) is 72.9 Å². The van der Waals surface area contributed by atoms with Crippen molar-refractivity contribution in [2.24, 2.45) is 5.92 Å². The summed E-state index contributed by atoms with van der Waals surface area (Å²) in [5.74, 6) is -0.272. The molecule has 0 unspecified atom stereocenters. The normalized spacial score (nSPS) is 23.4. The number of likely N-dealkylation sites (tertiary alicyclic amines) is 1. The maximum Gasteiger partial charge on any atom is 0.324 e. The van der Waals surface area contributed by atoms with Crippen LogP contribution in [0.3, 0.4) is 0 Å². The zero-order valence-electron chi connectivity index (χ0n) is 17.4. The van der Waals surface area contributed by atoms with Crippen molar-refractivity contribution < 1.29 is 23.9 Å². The molecule has 0 saturated carbocycles. The molecule has 30 heavy (non-hydrogen) atoms. The standard InChI is InChI=1S/C21H26N4O5/c1-13-4-5-16(30-3)15(10-13)25-12-14(11-17(25)26)18(27)24-8-6-21(7-9-24)19(28)23(2)20(29)22-21/h4-5,10,14H,6-9,11-12H2,1-3H3,(H,22,29)/t14-/m1/s1. The van der Waals surface area contributed by atoms with Crippen LogP contribution in [0, 0.1) is 12.8 Å². The van der Waals surface area contributed by atoms with Crippen LogP contribution in [0.25, 0.3) is 0 Å². The topological polar surface area (TPSA) is 99.3 Å². The number of benzene rings is 1. The Morgan fingerprint density at radius 3 is 2.50 bits per heavy atom. The number of rotatable bonds is 3. The monoisotopic (exact) mass is 414 g/mol. The van der Waals surface area contributed by atoms with Gasteiger partial charge in [-0.1, -0.05) is 6.07 Å². The molecular weight excluding hydrogens is 388 g/mol. The Hall–Kier alpha value is -3.10. The van der Waals surface area contributed by atoms with Crippen LogP contribution in [0.15, 0.2) is 18.2 Å². The van der Waals surface area contributed by atoms with Gasteiger partial charge in [-0.15, -0.1) is 0 Å². The molecule has 1 N–H and O–H groups in total. The molecule has 4 rings (SSSR count). The minimum Gasteiger partial charge on any atom is -0.495 e. The molecule has 9 nitrogen and oxygen atoms in total. The van der Waals surface area contributed by atoms with Crippen LogP contribution >= 0.6 is 0 Å². The summed E-state index contributed by atoms with van der Waals surface area (Å²) in [5.41, 5.74) is 0.773. The van der Waals surface area contributed by atoms with Crippen LogP contribution in [0.4, 0.5) is 10.5 Å². The number of anilines is 1. The molecule has 3 aliphatic heterocycles. The molecule has 3 saturated heterocycles. The highest BCUT2D eigenvalue weighted by Gasteiger charge is 2.52. The van der Waals surface area contributed by atoms with Gasteiger partial charge in [-0.3, -0.25) is 19.3 Å². The number of aryl methyl sites for hydroxylation is 1. The van der Waals surface area contributed by atoms with E-state index in [4.69, 9.17) is 4.74 Å². The van der Waals surface area contributed by atoms with Gasteiger partial charge in [0.1, 0.15) is 11.3 Å². The van der Waals surface area contributed by atoms with Crippen molar-refractivity contribution >= 4 is 29.4 Å². The molecule has 1 aromatic rings. The number of likely N-dealkylation sites (N-methyl/N-ethyl adjacent to an activating group) is 1. The lowest BCUT2D eigenvalue weighted by molar-refractivity contribution is -0.140. The summed E-state index contributed by atoms with van der Waals surface area (Å²) < 4.78 is 5.39. The summed E-state index contributed by atoms with van der Waals surface area (Å²) in [6.45, 7) is 2.99. The molecule has 1 aromatic carbocycles. The molecule has 3 fully saturated rings. The van der Waals surface area contributed by atoms with Crippen molar-refractivity contribution in [3.63, 3.8) is 0 Å². The zero-order chi connectivity index (χ0) is 21.6. The fourth-order valence-corrected chi connectivity index (χ4v) is 4.58. The maximum absolute atomic E-state index is 13.1. The Balaban J connectivity index is 1.44. The lowest BCUT2D eigenvalue weighted by Gasteiger charge is -2.38. The number of hydrogen-bond donors (Lipinski definition) is 1.